The Hall–Kier alpha value is -1.41. The lowest BCUT2D eigenvalue weighted by Gasteiger charge is -2.12. The number of hydrogen-bond acceptors (Lipinski definition) is 3. The molecule has 0 saturated heterocycles. The number of nitrogens with two attached hydrogens (primary N) is 1. The van der Waals surface area contributed by atoms with Crippen LogP contribution >= 0.6 is 35.7 Å². The molecule has 4 nitrogen and oxygen atoms in total. The molecule has 0 saturated carbocycles. The molecule has 1 atom stereocenters. The highest BCUT2D eigenvalue weighted by Crippen LogP contribution is 2.29. The van der Waals surface area contributed by atoms with Crippen LogP contribution in [-0.4, -0.2) is 25.4 Å². The Labute approximate surface area is 165 Å². The lowest BCUT2D eigenvalue weighted by atomic mass is 10.2. The van der Waals surface area contributed by atoms with E-state index in [-0.39, 0.29) is 24.0 Å². The van der Waals surface area contributed by atoms with E-state index in [1.54, 1.807) is 18.9 Å². The van der Waals surface area contributed by atoms with Crippen LogP contribution in [0.25, 0.3) is 0 Å². The molecule has 0 spiro atoms. The molecule has 0 fully saturated rings. The fourth-order valence-electron chi connectivity index (χ4n) is 1.99. The Kier molecular flexibility index (Phi) is 9.63. The van der Waals surface area contributed by atoms with Crippen LogP contribution in [0.4, 0.5) is 5.69 Å². The summed E-state index contributed by atoms with van der Waals surface area (Å²) >= 11 is 1.78. The van der Waals surface area contributed by atoms with Crippen molar-refractivity contribution < 1.29 is 4.74 Å². The van der Waals surface area contributed by atoms with Crippen LogP contribution in [0.5, 0.6) is 5.75 Å². The molecule has 3 N–H and O–H groups in total. The molecule has 130 valence electrons. The number of para-hydroxylation sites is 2. The van der Waals surface area contributed by atoms with Crippen LogP contribution in [0.2, 0.25) is 0 Å². The van der Waals surface area contributed by atoms with E-state index in [4.69, 9.17) is 10.5 Å². The van der Waals surface area contributed by atoms with Gasteiger partial charge in [0.15, 0.2) is 5.96 Å². The second kappa shape index (κ2) is 11.2. The minimum Gasteiger partial charge on any atom is -0.496 e. The summed E-state index contributed by atoms with van der Waals surface area (Å²) in [4.78, 5) is 5.57. The van der Waals surface area contributed by atoms with Crippen molar-refractivity contribution in [2.75, 3.05) is 24.7 Å². The number of rotatable bonds is 7. The van der Waals surface area contributed by atoms with Gasteiger partial charge in [-0.1, -0.05) is 37.3 Å². The van der Waals surface area contributed by atoms with Gasteiger partial charge in [-0.2, -0.15) is 0 Å². The van der Waals surface area contributed by atoms with Gasteiger partial charge < -0.3 is 15.8 Å². The maximum atomic E-state index is 5.92. The minimum absolute atomic E-state index is 0. The summed E-state index contributed by atoms with van der Waals surface area (Å²) in [5, 5.41) is 3.09. The van der Waals surface area contributed by atoms with E-state index in [9.17, 15) is 0 Å². The van der Waals surface area contributed by atoms with Crippen molar-refractivity contribution in [3.63, 3.8) is 0 Å². The average Bonchev–Trinajstić information content (AvgIpc) is 2.59. The third-order valence-corrected chi connectivity index (χ3v) is 4.60. The summed E-state index contributed by atoms with van der Waals surface area (Å²) in [6.07, 6.45) is 0. The lowest BCUT2D eigenvalue weighted by Crippen LogP contribution is -2.23. The highest BCUT2D eigenvalue weighted by atomic mass is 127. The Bertz CT molecular complexity index is 637. The maximum absolute atomic E-state index is 5.92. The van der Waals surface area contributed by atoms with Crippen LogP contribution < -0.4 is 15.8 Å². The summed E-state index contributed by atoms with van der Waals surface area (Å²) in [6, 6.07) is 17.9. The van der Waals surface area contributed by atoms with Gasteiger partial charge in [0.05, 0.1) is 7.11 Å². The summed E-state index contributed by atoms with van der Waals surface area (Å²) in [5.74, 6) is 2.74. The highest BCUT2D eigenvalue weighted by Gasteiger charge is 2.06. The third-order valence-electron chi connectivity index (χ3n) is 3.21. The topological polar surface area (TPSA) is 59.6 Å². The molecule has 0 aliphatic carbocycles. The van der Waals surface area contributed by atoms with Gasteiger partial charge in [0.25, 0.3) is 0 Å². The predicted molar refractivity (Wildman–Crippen MR) is 115 cm³/mol. The van der Waals surface area contributed by atoms with Crippen molar-refractivity contribution in [2.45, 2.75) is 11.8 Å². The first-order chi connectivity index (χ1) is 11.2. The third kappa shape index (κ3) is 7.00. The first kappa shape index (κ1) is 20.6. The number of guanidine groups is 1. The first-order valence-corrected chi connectivity index (χ1v) is 8.55. The van der Waals surface area contributed by atoms with Crippen LogP contribution in [0.15, 0.2) is 64.5 Å². The Morgan fingerprint density at radius 1 is 1.17 bits per heavy atom. The predicted octanol–water partition coefficient (Wildman–Crippen LogP) is 4.47. The van der Waals surface area contributed by atoms with E-state index in [1.165, 1.54) is 0 Å². The number of benzene rings is 2. The summed E-state index contributed by atoms with van der Waals surface area (Å²) < 4.78 is 5.36. The second-order valence-electron chi connectivity index (χ2n) is 5.28. The number of nitrogens with one attached hydrogen (secondary N) is 1. The van der Waals surface area contributed by atoms with E-state index < -0.39 is 0 Å². The fourth-order valence-corrected chi connectivity index (χ4v) is 3.02. The van der Waals surface area contributed by atoms with Crippen molar-refractivity contribution in [3.8, 4) is 5.75 Å². The molecule has 0 aliphatic rings. The van der Waals surface area contributed by atoms with Crippen molar-refractivity contribution in [3.05, 3.63) is 54.6 Å². The SMILES string of the molecule is COc1ccccc1SCC(C)CN=C(N)Nc1ccccc1.I. The van der Waals surface area contributed by atoms with E-state index >= 15 is 0 Å². The zero-order chi connectivity index (χ0) is 16.5. The molecular formula is C18H24IN3OS. The van der Waals surface area contributed by atoms with Crippen molar-refractivity contribution >= 4 is 47.4 Å². The lowest BCUT2D eigenvalue weighted by molar-refractivity contribution is 0.405. The molecule has 0 heterocycles. The van der Waals surface area contributed by atoms with Gasteiger partial charge in [0.1, 0.15) is 5.75 Å². The summed E-state index contributed by atoms with van der Waals surface area (Å²) in [7, 11) is 1.70. The van der Waals surface area contributed by atoms with Crippen LogP contribution in [0, 0.1) is 5.92 Å². The molecule has 2 aromatic rings. The van der Waals surface area contributed by atoms with E-state index in [0.29, 0.717) is 18.4 Å². The molecule has 0 aromatic heterocycles. The number of nitrogens with zero attached hydrogens (tertiary/aromatic N) is 1. The second-order valence-corrected chi connectivity index (χ2v) is 6.35. The van der Waals surface area contributed by atoms with Gasteiger partial charge in [0, 0.05) is 22.9 Å². The average molecular weight is 457 g/mol. The van der Waals surface area contributed by atoms with Gasteiger partial charge in [-0.3, -0.25) is 4.99 Å². The first-order valence-electron chi connectivity index (χ1n) is 7.57. The largest absolute Gasteiger partial charge is 0.496 e. The normalized spacial score (nSPS) is 12.2. The number of aliphatic imine (C=N–C) groups is 1. The number of anilines is 1. The highest BCUT2D eigenvalue weighted by molar-refractivity contribution is 14.0. The fraction of sp³-hybridized carbons (Fsp3) is 0.278. The Morgan fingerprint density at radius 3 is 2.54 bits per heavy atom. The quantitative estimate of drug-likeness (QED) is 0.279. The van der Waals surface area contributed by atoms with Crippen molar-refractivity contribution in [1.82, 2.24) is 0 Å². The van der Waals surface area contributed by atoms with Gasteiger partial charge in [-0.15, -0.1) is 35.7 Å². The number of hydrogen-bond donors (Lipinski definition) is 2. The number of thioether (sulfide) groups is 1. The molecular weight excluding hydrogens is 433 g/mol. The molecule has 6 heteroatoms. The monoisotopic (exact) mass is 457 g/mol. The standard InChI is InChI=1S/C18H23N3OS.HI/c1-14(13-23-17-11-7-6-10-16(17)22-2)12-20-18(19)21-15-8-4-3-5-9-15;/h3-11,14H,12-13H2,1-2H3,(H3,19,20,21);1H. The molecule has 24 heavy (non-hydrogen) atoms. The Morgan fingerprint density at radius 2 is 1.83 bits per heavy atom. The summed E-state index contributed by atoms with van der Waals surface area (Å²) in [5.41, 5.74) is 6.87. The smallest absolute Gasteiger partial charge is 0.193 e. The van der Waals surface area contributed by atoms with Crippen LogP contribution in [0.1, 0.15) is 6.92 Å². The molecule has 2 rings (SSSR count). The van der Waals surface area contributed by atoms with Crippen molar-refractivity contribution in [1.29, 1.82) is 0 Å². The van der Waals surface area contributed by atoms with Gasteiger partial charge in [-0.05, 0) is 30.2 Å². The summed E-state index contributed by atoms with van der Waals surface area (Å²) in [6.45, 7) is 2.86. The van der Waals surface area contributed by atoms with E-state index in [1.807, 2.05) is 48.5 Å². The minimum atomic E-state index is 0. The zero-order valence-electron chi connectivity index (χ0n) is 13.9. The zero-order valence-corrected chi connectivity index (χ0v) is 17.1. The molecule has 0 radical (unpaired) electrons. The van der Waals surface area contributed by atoms with E-state index in [2.05, 4.69) is 23.3 Å². The van der Waals surface area contributed by atoms with Crippen LogP contribution in [-0.2, 0) is 0 Å². The van der Waals surface area contributed by atoms with Crippen molar-refractivity contribution in [2.24, 2.45) is 16.6 Å². The number of ether oxygens (including phenoxy) is 1. The van der Waals surface area contributed by atoms with Gasteiger partial charge in [0.2, 0.25) is 0 Å². The van der Waals surface area contributed by atoms with Gasteiger partial charge in [-0.25, -0.2) is 0 Å². The van der Waals surface area contributed by atoms with E-state index in [0.717, 1.165) is 22.1 Å². The molecule has 2 aromatic carbocycles. The number of methoxy groups -OCH3 is 1. The van der Waals surface area contributed by atoms with Crippen LogP contribution in [0.3, 0.4) is 0 Å². The maximum Gasteiger partial charge on any atom is 0.193 e. The molecule has 0 aliphatic heterocycles. The number of halogens is 1. The Balaban J connectivity index is 0.00000288. The molecule has 1 unspecified atom stereocenters. The molecule has 0 amide bonds. The van der Waals surface area contributed by atoms with Gasteiger partial charge >= 0.3 is 0 Å². The molecule has 0 bridgehead atoms.